The fourth-order valence-electron chi connectivity index (χ4n) is 3.00. The second kappa shape index (κ2) is 9.66. The normalized spacial score (nSPS) is 16.8. The molecule has 0 amide bonds. The van der Waals surface area contributed by atoms with Crippen molar-refractivity contribution in [3.8, 4) is 5.75 Å². The molecular weight excluding hydrogens is 314 g/mol. The van der Waals surface area contributed by atoms with Crippen molar-refractivity contribution in [2.75, 3.05) is 26.2 Å². The third kappa shape index (κ3) is 5.92. The van der Waals surface area contributed by atoms with Crippen molar-refractivity contribution in [3.63, 3.8) is 0 Å². The number of aliphatic imine (C=N–C) groups is 1. The van der Waals surface area contributed by atoms with Gasteiger partial charge in [-0.15, -0.1) is 0 Å². The molecule has 0 bridgehead atoms. The van der Waals surface area contributed by atoms with Gasteiger partial charge in [0.2, 0.25) is 0 Å². The maximum atomic E-state index is 10.5. The van der Waals surface area contributed by atoms with Gasteiger partial charge in [-0.2, -0.15) is 0 Å². The Balaban J connectivity index is 1.91. The highest BCUT2D eigenvalue weighted by atomic mass is 16.5. The van der Waals surface area contributed by atoms with E-state index in [1.54, 1.807) is 0 Å². The Labute approximate surface area is 152 Å². The second-order valence-corrected chi connectivity index (χ2v) is 6.72. The van der Waals surface area contributed by atoms with E-state index in [1.807, 2.05) is 44.2 Å². The minimum absolute atomic E-state index is 0.254. The zero-order valence-corrected chi connectivity index (χ0v) is 15.9. The summed E-state index contributed by atoms with van der Waals surface area (Å²) in [6.45, 7) is 9.21. The van der Waals surface area contributed by atoms with E-state index in [2.05, 4.69) is 17.1 Å². The largest absolute Gasteiger partial charge is 0.490 e. The van der Waals surface area contributed by atoms with Gasteiger partial charge in [-0.1, -0.05) is 32.0 Å². The number of likely N-dealkylation sites (tertiary alicyclic amines) is 1. The molecule has 5 nitrogen and oxygen atoms in total. The predicted octanol–water partition coefficient (Wildman–Crippen LogP) is 3.05. The molecule has 0 aromatic heterocycles. The van der Waals surface area contributed by atoms with Crippen LogP contribution in [0.15, 0.2) is 35.3 Å². The van der Waals surface area contributed by atoms with Crippen molar-refractivity contribution in [1.82, 2.24) is 10.2 Å². The van der Waals surface area contributed by atoms with Crippen LogP contribution in [0.5, 0.6) is 5.75 Å². The van der Waals surface area contributed by atoms with Crippen molar-refractivity contribution < 1.29 is 9.84 Å². The summed E-state index contributed by atoms with van der Waals surface area (Å²) in [7, 11) is 0. The van der Waals surface area contributed by atoms with Gasteiger partial charge < -0.3 is 20.1 Å². The van der Waals surface area contributed by atoms with Crippen molar-refractivity contribution in [2.45, 2.75) is 58.2 Å². The number of ether oxygens (including phenoxy) is 1. The molecular formula is C20H33N3O2. The Morgan fingerprint density at radius 2 is 1.84 bits per heavy atom. The number of aliphatic hydroxyl groups is 1. The monoisotopic (exact) mass is 347 g/mol. The van der Waals surface area contributed by atoms with Crippen LogP contribution in [-0.2, 0) is 0 Å². The molecule has 2 N–H and O–H groups in total. The number of hydrogen-bond donors (Lipinski definition) is 2. The van der Waals surface area contributed by atoms with Crippen LogP contribution in [0.4, 0.5) is 0 Å². The van der Waals surface area contributed by atoms with Gasteiger partial charge in [0.25, 0.3) is 0 Å². The molecule has 1 aromatic carbocycles. The SMILES string of the molecule is CCNC(=NCC(O)(CC)CC)N1CCC(Oc2ccccc2)CC1. The lowest BCUT2D eigenvalue weighted by atomic mass is 9.98. The molecule has 140 valence electrons. The van der Waals surface area contributed by atoms with Crippen LogP contribution >= 0.6 is 0 Å². The first-order valence-corrected chi connectivity index (χ1v) is 9.57. The summed E-state index contributed by atoms with van der Waals surface area (Å²) in [6.07, 6.45) is 3.65. The fourth-order valence-corrected chi connectivity index (χ4v) is 3.00. The van der Waals surface area contributed by atoms with Gasteiger partial charge in [0.1, 0.15) is 11.9 Å². The molecule has 0 atom stereocenters. The molecule has 2 rings (SSSR count). The van der Waals surface area contributed by atoms with Crippen molar-refractivity contribution in [3.05, 3.63) is 30.3 Å². The Morgan fingerprint density at radius 1 is 1.20 bits per heavy atom. The molecule has 1 heterocycles. The lowest BCUT2D eigenvalue weighted by Crippen LogP contribution is -2.48. The minimum atomic E-state index is -0.699. The van der Waals surface area contributed by atoms with Crippen LogP contribution in [0, 0.1) is 0 Å². The summed E-state index contributed by atoms with van der Waals surface area (Å²) in [4.78, 5) is 6.98. The minimum Gasteiger partial charge on any atom is -0.490 e. The Morgan fingerprint density at radius 3 is 2.40 bits per heavy atom. The highest BCUT2D eigenvalue weighted by molar-refractivity contribution is 5.80. The van der Waals surface area contributed by atoms with Crippen LogP contribution in [0.2, 0.25) is 0 Å². The van der Waals surface area contributed by atoms with E-state index in [0.29, 0.717) is 6.54 Å². The topological polar surface area (TPSA) is 57.1 Å². The molecule has 0 spiro atoms. The van der Waals surface area contributed by atoms with Gasteiger partial charge in [0.05, 0.1) is 12.1 Å². The summed E-state index contributed by atoms with van der Waals surface area (Å²) in [6, 6.07) is 10.0. The van der Waals surface area contributed by atoms with E-state index in [1.165, 1.54) is 0 Å². The van der Waals surface area contributed by atoms with Gasteiger partial charge in [0.15, 0.2) is 5.96 Å². The first kappa shape index (κ1) is 19.6. The average molecular weight is 348 g/mol. The molecule has 1 aliphatic rings. The van der Waals surface area contributed by atoms with Crippen molar-refractivity contribution in [2.24, 2.45) is 4.99 Å². The maximum Gasteiger partial charge on any atom is 0.194 e. The highest BCUT2D eigenvalue weighted by Gasteiger charge is 2.25. The Bertz CT molecular complexity index is 521. The summed E-state index contributed by atoms with van der Waals surface area (Å²) in [5.41, 5.74) is -0.699. The number of rotatable bonds is 7. The molecule has 0 saturated carbocycles. The first-order valence-electron chi connectivity index (χ1n) is 9.57. The predicted molar refractivity (Wildman–Crippen MR) is 103 cm³/mol. The Hall–Kier alpha value is -1.75. The average Bonchev–Trinajstić information content (AvgIpc) is 2.66. The van der Waals surface area contributed by atoms with Crippen LogP contribution in [-0.4, -0.2) is 53.9 Å². The van der Waals surface area contributed by atoms with Gasteiger partial charge in [-0.3, -0.25) is 4.99 Å². The number of para-hydroxylation sites is 1. The zero-order chi connectivity index (χ0) is 18.1. The van der Waals surface area contributed by atoms with Crippen molar-refractivity contribution in [1.29, 1.82) is 0 Å². The van der Waals surface area contributed by atoms with Crippen LogP contribution < -0.4 is 10.1 Å². The number of piperidine rings is 1. The van der Waals surface area contributed by atoms with Gasteiger partial charge in [-0.25, -0.2) is 0 Å². The summed E-state index contributed by atoms with van der Waals surface area (Å²) < 4.78 is 6.07. The third-order valence-electron chi connectivity index (χ3n) is 4.96. The van der Waals surface area contributed by atoms with Crippen molar-refractivity contribution >= 4 is 5.96 Å². The van der Waals surface area contributed by atoms with E-state index in [9.17, 15) is 5.11 Å². The summed E-state index contributed by atoms with van der Waals surface area (Å²) in [5.74, 6) is 1.85. The van der Waals surface area contributed by atoms with E-state index >= 15 is 0 Å². The third-order valence-corrected chi connectivity index (χ3v) is 4.96. The molecule has 0 aliphatic carbocycles. The number of hydrogen-bond acceptors (Lipinski definition) is 3. The first-order chi connectivity index (χ1) is 12.1. The maximum absolute atomic E-state index is 10.5. The molecule has 5 heteroatoms. The summed E-state index contributed by atoms with van der Waals surface area (Å²) in [5, 5.41) is 13.8. The van der Waals surface area contributed by atoms with Gasteiger partial charge in [-0.05, 0) is 31.9 Å². The fraction of sp³-hybridized carbons (Fsp3) is 0.650. The molecule has 1 fully saturated rings. The number of nitrogens with zero attached hydrogens (tertiary/aromatic N) is 2. The van der Waals surface area contributed by atoms with Crippen LogP contribution in [0.3, 0.4) is 0 Å². The van der Waals surface area contributed by atoms with E-state index in [0.717, 1.165) is 57.0 Å². The quantitative estimate of drug-likeness (QED) is 0.588. The number of benzene rings is 1. The lowest BCUT2D eigenvalue weighted by molar-refractivity contribution is 0.0413. The molecule has 1 aliphatic heterocycles. The van der Waals surface area contributed by atoms with E-state index < -0.39 is 5.60 Å². The Kier molecular flexibility index (Phi) is 7.56. The second-order valence-electron chi connectivity index (χ2n) is 6.72. The highest BCUT2D eigenvalue weighted by Crippen LogP contribution is 2.19. The standard InChI is InChI=1S/C20H33N3O2/c1-4-20(24,5-2)16-22-19(21-6-3)23-14-12-18(13-15-23)25-17-10-8-7-9-11-17/h7-11,18,24H,4-6,12-16H2,1-3H3,(H,21,22). The smallest absolute Gasteiger partial charge is 0.194 e. The van der Waals surface area contributed by atoms with Gasteiger partial charge >= 0.3 is 0 Å². The molecule has 1 aromatic rings. The number of nitrogens with one attached hydrogen (secondary N) is 1. The molecule has 0 unspecified atom stereocenters. The number of guanidine groups is 1. The van der Waals surface area contributed by atoms with Crippen LogP contribution in [0.25, 0.3) is 0 Å². The van der Waals surface area contributed by atoms with Crippen LogP contribution in [0.1, 0.15) is 46.5 Å². The van der Waals surface area contributed by atoms with E-state index in [4.69, 9.17) is 9.73 Å². The molecule has 1 saturated heterocycles. The van der Waals surface area contributed by atoms with E-state index in [-0.39, 0.29) is 6.10 Å². The summed E-state index contributed by atoms with van der Waals surface area (Å²) >= 11 is 0. The molecule has 0 radical (unpaired) electrons. The van der Waals surface area contributed by atoms with Gasteiger partial charge in [0, 0.05) is 32.5 Å². The molecule has 25 heavy (non-hydrogen) atoms. The zero-order valence-electron chi connectivity index (χ0n) is 15.9. The lowest BCUT2D eigenvalue weighted by Gasteiger charge is -2.35.